The molecule has 1 fully saturated rings. The Morgan fingerprint density at radius 2 is 1.80 bits per heavy atom. The predicted octanol–water partition coefficient (Wildman–Crippen LogP) is 3.99. The summed E-state index contributed by atoms with van der Waals surface area (Å²) in [6, 6.07) is 12.0. The summed E-state index contributed by atoms with van der Waals surface area (Å²) in [6.45, 7) is 4.23. The molecule has 3 heterocycles. The van der Waals surface area contributed by atoms with Crippen molar-refractivity contribution in [2.24, 2.45) is 5.92 Å². The molecule has 2 aliphatic rings. The first kappa shape index (κ1) is 37.5. The van der Waals surface area contributed by atoms with Crippen molar-refractivity contribution in [2.75, 3.05) is 39.9 Å². The zero-order valence-electron chi connectivity index (χ0n) is 28.7. The molecule has 3 aromatic rings. The summed E-state index contributed by atoms with van der Waals surface area (Å²) < 4.78 is 55.0. The van der Waals surface area contributed by atoms with E-state index < -0.39 is 46.6 Å². The summed E-state index contributed by atoms with van der Waals surface area (Å²) in [5.41, 5.74) is 1.09. The molecule has 12 nitrogen and oxygen atoms in total. The monoisotopic (exact) mass is 725 g/mol. The van der Waals surface area contributed by atoms with Crippen molar-refractivity contribution < 1.29 is 41.6 Å². The van der Waals surface area contributed by atoms with Crippen molar-refractivity contribution >= 4 is 34.7 Å². The number of amides is 3. The molecule has 1 saturated heterocycles. The lowest BCUT2D eigenvalue weighted by molar-refractivity contribution is -0.158. The highest BCUT2D eigenvalue weighted by atomic mass is 32.2. The van der Waals surface area contributed by atoms with Gasteiger partial charge in [0, 0.05) is 56.9 Å². The van der Waals surface area contributed by atoms with Crippen LogP contribution in [0.3, 0.4) is 0 Å². The average Bonchev–Trinajstić information content (AvgIpc) is 3.66. The molecule has 0 spiro atoms. The molecule has 0 N–H and O–H groups in total. The van der Waals surface area contributed by atoms with Crippen LogP contribution in [0, 0.1) is 17.6 Å². The third kappa shape index (κ3) is 9.33. The van der Waals surface area contributed by atoms with Gasteiger partial charge in [-0.05, 0) is 49.4 Å². The van der Waals surface area contributed by atoms with Crippen LogP contribution in [0.25, 0.3) is 11.3 Å². The summed E-state index contributed by atoms with van der Waals surface area (Å²) in [4.78, 5) is 58.4. The van der Waals surface area contributed by atoms with E-state index in [-0.39, 0.29) is 55.2 Å². The number of ether oxygens (including phenoxy) is 2. The van der Waals surface area contributed by atoms with Crippen LogP contribution in [0.15, 0.2) is 66.2 Å². The van der Waals surface area contributed by atoms with Crippen molar-refractivity contribution in [3.63, 3.8) is 0 Å². The Labute approximate surface area is 297 Å². The number of likely N-dealkylation sites (N-methyl/N-ethyl adjacent to an activating group) is 1. The van der Waals surface area contributed by atoms with Crippen LogP contribution >= 0.6 is 0 Å². The number of hydrogen-bond donors (Lipinski definition) is 0. The molecule has 0 aliphatic carbocycles. The lowest BCUT2D eigenvalue weighted by Gasteiger charge is -2.40. The van der Waals surface area contributed by atoms with Gasteiger partial charge in [0.15, 0.2) is 6.10 Å². The highest BCUT2D eigenvalue weighted by Crippen LogP contribution is 2.37. The van der Waals surface area contributed by atoms with Crippen molar-refractivity contribution in [1.29, 1.82) is 0 Å². The number of esters is 1. The standard InChI is InChI=1S/C36H41F2N5O7S/c1-24(50-25(2)44)36(47)40(3)34(27-11-15-41(16-12-27)32(45)13-18-49-19-17-43-33(46)14-20-51(43)48)35-39-31(29-21-28(37)9-10-30(29)38)23-42(35)22-26-7-5-4-6-8-26/h4-10,14,20-21,23-24,27,34H,11-13,15-19,22H2,1-3H3/t24-,34?,51?/m0/s1. The van der Waals surface area contributed by atoms with E-state index in [9.17, 15) is 27.8 Å². The number of likely N-dealkylation sites (tertiary alicyclic amines) is 1. The number of halogens is 2. The smallest absolute Gasteiger partial charge is 0.303 e. The van der Waals surface area contributed by atoms with Gasteiger partial charge >= 0.3 is 5.97 Å². The summed E-state index contributed by atoms with van der Waals surface area (Å²) in [7, 11) is 0.103. The van der Waals surface area contributed by atoms with E-state index in [0.29, 0.717) is 38.3 Å². The van der Waals surface area contributed by atoms with Crippen LogP contribution in [0.4, 0.5) is 8.78 Å². The summed E-state index contributed by atoms with van der Waals surface area (Å²) in [6.07, 6.45) is 2.92. The lowest BCUT2D eigenvalue weighted by Crippen LogP contribution is -2.46. The van der Waals surface area contributed by atoms with E-state index in [1.807, 2.05) is 34.9 Å². The van der Waals surface area contributed by atoms with E-state index in [1.54, 1.807) is 18.1 Å². The first-order valence-corrected chi connectivity index (χ1v) is 17.9. The van der Waals surface area contributed by atoms with Gasteiger partial charge in [0.1, 0.15) is 28.4 Å². The molecule has 0 radical (unpaired) electrons. The number of piperidine rings is 1. The Hall–Kier alpha value is -4.76. The van der Waals surface area contributed by atoms with Gasteiger partial charge in [-0.2, -0.15) is 0 Å². The van der Waals surface area contributed by atoms with Crippen molar-refractivity contribution in [1.82, 2.24) is 23.7 Å². The average molecular weight is 726 g/mol. The molecule has 0 bridgehead atoms. The number of rotatable bonds is 14. The SMILES string of the molecule is CC(=O)O[C@@H](C)C(=O)N(C)C(c1nc(-c2cc(F)ccc2F)cn1Cc1ccccc1)C1CCN(C(=O)CCOCCN2C(=O)C=CS2=O)CC1. The van der Waals surface area contributed by atoms with Crippen LogP contribution in [-0.2, 0) is 46.2 Å². The number of benzene rings is 2. The Kier molecular flexibility index (Phi) is 12.5. The highest BCUT2D eigenvalue weighted by Gasteiger charge is 2.38. The minimum absolute atomic E-state index is 0.0244. The van der Waals surface area contributed by atoms with Crippen molar-refractivity contribution in [2.45, 2.75) is 51.8 Å². The number of aromatic nitrogens is 2. The second kappa shape index (κ2) is 17.0. The fraction of sp³-hybridized carbons (Fsp3) is 0.417. The largest absolute Gasteiger partial charge is 0.453 e. The molecule has 2 aromatic carbocycles. The van der Waals surface area contributed by atoms with E-state index in [2.05, 4.69) is 0 Å². The Bertz CT molecular complexity index is 1780. The molecule has 0 saturated carbocycles. The Balaban J connectivity index is 1.35. The molecule has 3 atom stereocenters. The first-order chi connectivity index (χ1) is 24.4. The molecule has 2 aliphatic heterocycles. The van der Waals surface area contributed by atoms with Gasteiger partial charge in [-0.25, -0.2) is 18.0 Å². The van der Waals surface area contributed by atoms with Crippen LogP contribution in [0.2, 0.25) is 0 Å². The molecule has 1 aromatic heterocycles. The normalized spacial score (nSPS) is 17.4. The molecule has 15 heteroatoms. The maximum absolute atomic E-state index is 15.0. The van der Waals surface area contributed by atoms with Crippen LogP contribution < -0.4 is 0 Å². The van der Waals surface area contributed by atoms with Gasteiger partial charge in [0.2, 0.25) is 5.91 Å². The van der Waals surface area contributed by atoms with Gasteiger partial charge in [-0.1, -0.05) is 30.3 Å². The summed E-state index contributed by atoms with van der Waals surface area (Å²) in [5.74, 6) is -2.58. The summed E-state index contributed by atoms with van der Waals surface area (Å²) in [5, 5.41) is 1.31. The van der Waals surface area contributed by atoms with Gasteiger partial charge in [0.25, 0.3) is 11.8 Å². The second-order valence-corrected chi connectivity index (χ2v) is 13.7. The lowest BCUT2D eigenvalue weighted by atomic mass is 9.87. The quantitative estimate of drug-likeness (QED) is 0.180. The molecule has 3 amide bonds. The van der Waals surface area contributed by atoms with Gasteiger partial charge in [0.05, 0.1) is 37.9 Å². The van der Waals surface area contributed by atoms with E-state index in [1.165, 1.54) is 34.5 Å². The van der Waals surface area contributed by atoms with Gasteiger partial charge in [-0.3, -0.25) is 23.5 Å². The maximum Gasteiger partial charge on any atom is 0.303 e. The Morgan fingerprint density at radius 1 is 1.08 bits per heavy atom. The van der Waals surface area contributed by atoms with Gasteiger partial charge < -0.3 is 23.8 Å². The number of carbonyl (C=O) groups excluding carboxylic acids is 4. The minimum Gasteiger partial charge on any atom is -0.453 e. The molecular formula is C36H41F2N5O7S. The Morgan fingerprint density at radius 3 is 2.47 bits per heavy atom. The van der Waals surface area contributed by atoms with Crippen LogP contribution in [-0.4, -0.2) is 97.6 Å². The molecule has 272 valence electrons. The van der Waals surface area contributed by atoms with Gasteiger partial charge in [-0.15, -0.1) is 0 Å². The zero-order valence-corrected chi connectivity index (χ0v) is 29.5. The molecule has 51 heavy (non-hydrogen) atoms. The topological polar surface area (TPSA) is 131 Å². The van der Waals surface area contributed by atoms with E-state index in [4.69, 9.17) is 14.5 Å². The van der Waals surface area contributed by atoms with Crippen LogP contribution in [0.5, 0.6) is 0 Å². The second-order valence-electron chi connectivity index (χ2n) is 12.5. The summed E-state index contributed by atoms with van der Waals surface area (Å²) >= 11 is 0. The van der Waals surface area contributed by atoms with Crippen molar-refractivity contribution in [3.8, 4) is 11.3 Å². The van der Waals surface area contributed by atoms with E-state index >= 15 is 4.39 Å². The molecular weight excluding hydrogens is 684 g/mol. The highest BCUT2D eigenvalue weighted by molar-refractivity contribution is 7.86. The molecule has 2 unspecified atom stereocenters. The number of hydrogen-bond acceptors (Lipinski definition) is 8. The minimum atomic E-state index is -1.50. The molecule has 5 rings (SSSR count). The number of carbonyl (C=O) groups is 4. The third-order valence-electron chi connectivity index (χ3n) is 8.96. The van der Waals surface area contributed by atoms with Crippen LogP contribution in [0.1, 0.15) is 50.5 Å². The number of nitrogens with zero attached hydrogens (tertiary/aromatic N) is 5. The predicted molar refractivity (Wildman–Crippen MR) is 184 cm³/mol. The zero-order chi connectivity index (χ0) is 36.7. The van der Waals surface area contributed by atoms with E-state index in [0.717, 1.165) is 23.8 Å². The van der Waals surface area contributed by atoms with Crippen molar-refractivity contribution in [3.05, 3.63) is 89.2 Å². The number of imidazole rings is 1. The maximum atomic E-state index is 15.0. The fourth-order valence-corrected chi connectivity index (χ4v) is 7.29. The first-order valence-electron chi connectivity index (χ1n) is 16.7. The third-order valence-corrected chi connectivity index (χ3v) is 10.1. The fourth-order valence-electron chi connectivity index (χ4n) is 6.41.